The first kappa shape index (κ1) is 21.9. The number of methoxy groups -OCH3 is 1. The van der Waals surface area contributed by atoms with E-state index in [1.807, 2.05) is 12.1 Å². The normalized spacial score (nSPS) is 11.6. The van der Waals surface area contributed by atoms with Gasteiger partial charge in [-0.25, -0.2) is 4.79 Å². The van der Waals surface area contributed by atoms with E-state index in [-0.39, 0.29) is 17.1 Å². The molecule has 0 aromatic heterocycles. The quantitative estimate of drug-likeness (QED) is 0.408. The van der Waals surface area contributed by atoms with E-state index in [1.54, 1.807) is 12.1 Å². The molecule has 0 fully saturated rings. The summed E-state index contributed by atoms with van der Waals surface area (Å²) in [6.07, 6.45) is -0.164. The number of carbonyl (C=O) groups excluding carboxylic acids is 2. The van der Waals surface area contributed by atoms with Crippen LogP contribution in [0.1, 0.15) is 36.7 Å². The highest BCUT2D eigenvalue weighted by Crippen LogP contribution is 2.29. The minimum absolute atomic E-state index is 0.131. The predicted molar refractivity (Wildman–Crippen MR) is 108 cm³/mol. The third-order valence-corrected chi connectivity index (χ3v) is 4.14. The van der Waals surface area contributed by atoms with Gasteiger partial charge in [0.05, 0.1) is 29.4 Å². The predicted octanol–water partition coefficient (Wildman–Crippen LogP) is 3.99. The smallest absolute Gasteiger partial charge is 0.338 e. The average molecular weight is 400 g/mol. The van der Waals surface area contributed by atoms with Crippen LogP contribution in [0.15, 0.2) is 42.5 Å². The number of non-ortho nitro benzene ring substituents is 1. The summed E-state index contributed by atoms with van der Waals surface area (Å²) in [6.45, 7) is 5.67. The summed E-state index contributed by atoms with van der Waals surface area (Å²) in [6, 6.07) is 10.9. The molecule has 2 rings (SSSR count). The highest BCUT2D eigenvalue weighted by atomic mass is 16.6. The van der Waals surface area contributed by atoms with E-state index >= 15 is 0 Å². The van der Waals surface area contributed by atoms with Gasteiger partial charge < -0.3 is 14.8 Å². The number of nitrogens with zero attached hydrogens (tertiary/aromatic N) is 1. The van der Waals surface area contributed by atoms with E-state index < -0.39 is 22.9 Å². The number of amides is 1. The molecule has 1 N–H and O–H groups in total. The van der Waals surface area contributed by atoms with Crippen molar-refractivity contribution in [3.63, 3.8) is 0 Å². The molecule has 8 heteroatoms. The Morgan fingerprint density at radius 1 is 1.10 bits per heavy atom. The number of nitro benzene ring substituents is 1. The van der Waals surface area contributed by atoms with Crippen molar-refractivity contribution in [1.29, 1.82) is 0 Å². The van der Waals surface area contributed by atoms with Crippen LogP contribution in [-0.4, -0.2) is 30.0 Å². The van der Waals surface area contributed by atoms with E-state index in [0.29, 0.717) is 11.5 Å². The van der Waals surface area contributed by atoms with Gasteiger partial charge in [0.25, 0.3) is 11.6 Å². The molecule has 0 spiro atoms. The molecule has 0 heterocycles. The Bertz CT molecular complexity index is 893. The fourth-order valence-corrected chi connectivity index (χ4v) is 2.66. The van der Waals surface area contributed by atoms with E-state index in [1.165, 1.54) is 32.2 Å². The van der Waals surface area contributed by atoms with Crippen molar-refractivity contribution in [3.8, 4) is 5.75 Å². The minimum atomic E-state index is -1.07. The summed E-state index contributed by atoms with van der Waals surface area (Å²) in [5.41, 5.74) is 1.54. The van der Waals surface area contributed by atoms with Crippen LogP contribution in [-0.2, 0) is 16.0 Å². The van der Waals surface area contributed by atoms with Gasteiger partial charge in [-0.1, -0.05) is 26.0 Å². The van der Waals surface area contributed by atoms with Crippen molar-refractivity contribution >= 4 is 23.3 Å². The molecule has 0 saturated carbocycles. The fourth-order valence-electron chi connectivity index (χ4n) is 2.66. The lowest BCUT2D eigenvalue weighted by molar-refractivity contribution is -0.384. The molecule has 1 amide bonds. The summed E-state index contributed by atoms with van der Waals surface area (Å²) >= 11 is 0. The van der Waals surface area contributed by atoms with Crippen LogP contribution in [0.4, 0.5) is 11.4 Å². The Balaban J connectivity index is 2.01. The maximum absolute atomic E-state index is 12.4. The number of benzene rings is 2. The van der Waals surface area contributed by atoms with Crippen LogP contribution >= 0.6 is 0 Å². The molecule has 2 aromatic carbocycles. The van der Waals surface area contributed by atoms with Gasteiger partial charge in [0.1, 0.15) is 5.75 Å². The molecule has 8 nitrogen and oxygen atoms in total. The lowest BCUT2D eigenvalue weighted by atomic mass is 10.0. The fraction of sp³-hybridized carbons (Fsp3) is 0.333. The summed E-state index contributed by atoms with van der Waals surface area (Å²) in [5, 5.41) is 13.4. The first-order chi connectivity index (χ1) is 13.7. The second-order valence-corrected chi connectivity index (χ2v) is 6.97. The topological polar surface area (TPSA) is 108 Å². The van der Waals surface area contributed by atoms with E-state index in [2.05, 4.69) is 19.2 Å². The number of hydrogen-bond donors (Lipinski definition) is 1. The van der Waals surface area contributed by atoms with E-state index in [4.69, 9.17) is 9.47 Å². The van der Waals surface area contributed by atoms with E-state index in [9.17, 15) is 19.7 Å². The molecule has 2 aromatic rings. The summed E-state index contributed by atoms with van der Waals surface area (Å²) in [7, 11) is 1.33. The molecule has 0 aliphatic rings. The number of hydrogen-bond acceptors (Lipinski definition) is 6. The zero-order valence-electron chi connectivity index (χ0n) is 16.8. The zero-order chi connectivity index (χ0) is 21.6. The van der Waals surface area contributed by atoms with Gasteiger partial charge in [-0.2, -0.15) is 0 Å². The molecule has 29 heavy (non-hydrogen) atoms. The van der Waals surface area contributed by atoms with Gasteiger partial charge in [-0.15, -0.1) is 0 Å². The second-order valence-electron chi connectivity index (χ2n) is 6.97. The Labute approximate surface area is 169 Å². The molecule has 0 aliphatic carbocycles. The monoisotopic (exact) mass is 400 g/mol. The molecular weight excluding hydrogens is 376 g/mol. The van der Waals surface area contributed by atoms with Gasteiger partial charge in [0.15, 0.2) is 6.10 Å². The second kappa shape index (κ2) is 9.68. The summed E-state index contributed by atoms with van der Waals surface area (Å²) in [4.78, 5) is 34.9. The maximum Gasteiger partial charge on any atom is 0.338 e. The molecular formula is C21H24N2O6. The lowest BCUT2D eigenvalue weighted by Gasteiger charge is -2.15. The number of nitrogens with one attached hydrogen (secondary N) is 1. The largest absolute Gasteiger partial charge is 0.494 e. The lowest BCUT2D eigenvalue weighted by Crippen LogP contribution is -2.30. The number of nitro groups is 1. The number of anilines is 1. The molecule has 0 aliphatic heterocycles. The van der Waals surface area contributed by atoms with Crippen LogP contribution in [0.5, 0.6) is 5.75 Å². The highest BCUT2D eigenvalue weighted by Gasteiger charge is 2.21. The van der Waals surface area contributed by atoms with Gasteiger partial charge >= 0.3 is 5.97 Å². The Kier molecular flexibility index (Phi) is 7.30. The number of esters is 1. The number of ether oxygens (including phenoxy) is 2. The summed E-state index contributed by atoms with van der Waals surface area (Å²) in [5.74, 6) is -0.555. The summed E-state index contributed by atoms with van der Waals surface area (Å²) < 4.78 is 10.3. The van der Waals surface area contributed by atoms with Gasteiger partial charge in [0.2, 0.25) is 0 Å². The van der Waals surface area contributed by atoms with Crippen molar-refractivity contribution in [2.24, 2.45) is 5.92 Å². The standard InChI is InChI=1S/C21H24N2O6/c1-13(2)11-15-5-7-16(8-6-15)21(25)29-14(3)20(24)22-18-10-9-17(23(26)27)12-19(18)28-4/h5-10,12-14H,11H2,1-4H3,(H,22,24)/t14-/m1/s1. The third-order valence-electron chi connectivity index (χ3n) is 4.14. The molecule has 1 atom stereocenters. The van der Waals surface area contributed by atoms with Crippen LogP contribution < -0.4 is 10.1 Å². The first-order valence-electron chi connectivity index (χ1n) is 9.14. The van der Waals surface area contributed by atoms with Crippen molar-refractivity contribution in [2.75, 3.05) is 12.4 Å². The van der Waals surface area contributed by atoms with Gasteiger partial charge in [-0.05, 0) is 43.0 Å². The molecule has 0 radical (unpaired) electrons. The highest BCUT2D eigenvalue weighted by molar-refractivity contribution is 5.98. The Morgan fingerprint density at radius 2 is 1.76 bits per heavy atom. The maximum atomic E-state index is 12.4. The van der Waals surface area contributed by atoms with Crippen LogP contribution in [0, 0.1) is 16.0 Å². The SMILES string of the molecule is COc1cc([N+](=O)[O-])ccc1NC(=O)[C@@H](C)OC(=O)c1ccc(CC(C)C)cc1. The third kappa shape index (κ3) is 6.03. The number of carbonyl (C=O) groups is 2. The van der Waals surface area contributed by atoms with Crippen LogP contribution in [0.2, 0.25) is 0 Å². The van der Waals surface area contributed by atoms with Crippen molar-refractivity contribution in [2.45, 2.75) is 33.3 Å². The van der Waals surface area contributed by atoms with Crippen LogP contribution in [0.3, 0.4) is 0 Å². The first-order valence-corrected chi connectivity index (χ1v) is 9.14. The molecule has 154 valence electrons. The van der Waals surface area contributed by atoms with Crippen molar-refractivity contribution in [1.82, 2.24) is 0 Å². The molecule has 0 saturated heterocycles. The van der Waals surface area contributed by atoms with E-state index in [0.717, 1.165) is 12.0 Å². The zero-order valence-corrected chi connectivity index (χ0v) is 16.8. The van der Waals surface area contributed by atoms with Crippen molar-refractivity contribution in [3.05, 3.63) is 63.7 Å². The average Bonchev–Trinajstić information content (AvgIpc) is 2.67. The van der Waals surface area contributed by atoms with Crippen molar-refractivity contribution < 1.29 is 24.0 Å². The van der Waals surface area contributed by atoms with Gasteiger partial charge in [-0.3, -0.25) is 14.9 Å². The number of rotatable bonds is 8. The molecule has 0 unspecified atom stereocenters. The minimum Gasteiger partial charge on any atom is -0.494 e. The molecule has 0 bridgehead atoms. The Morgan fingerprint density at radius 3 is 2.31 bits per heavy atom. The van der Waals surface area contributed by atoms with Crippen LogP contribution in [0.25, 0.3) is 0 Å². The Hall–Kier alpha value is -3.42. The van der Waals surface area contributed by atoms with Gasteiger partial charge in [0, 0.05) is 6.07 Å².